The summed E-state index contributed by atoms with van der Waals surface area (Å²) in [5, 5.41) is 71.5. The number of hydrogen-bond acceptors (Lipinski definition) is 14. The second-order valence-corrected chi connectivity index (χ2v) is 14.1. The van der Waals surface area contributed by atoms with Gasteiger partial charge in [-0.05, 0) is 44.9 Å². The molecule has 0 aromatic rings. The minimum Gasteiger partial charge on any atom is -0.457 e. The summed E-state index contributed by atoms with van der Waals surface area (Å²) < 4.78 is 33.9. The number of aliphatic hydroxyl groups is 7. The molecule has 11 atom stereocenters. The monoisotopic (exact) mass is 774 g/mol. The minimum absolute atomic E-state index is 0.0460. The van der Waals surface area contributed by atoms with E-state index < -0.39 is 86.7 Å². The second kappa shape index (κ2) is 29.5. The molecule has 11 unspecified atom stereocenters. The van der Waals surface area contributed by atoms with Gasteiger partial charge >= 0.3 is 5.97 Å². The van der Waals surface area contributed by atoms with Crippen molar-refractivity contribution in [3.63, 3.8) is 0 Å². The minimum atomic E-state index is -1.71. The van der Waals surface area contributed by atoms with Crippen molar-refractivity contribution in [3.05, 3.63) is 36.5 Å². The molecule has 314 valence electrons. The predicted octanol–water partition coefficient (Wildman–Crippen LogP) is 3.12. The Balaban J connectivity index is 1.84. The van der Waals surface area contributed by atoms with E-state index in [1.165, 1.54) is 0 Å². The third-order valence-electron chi connectivity index (χ3n) is 9.41. The predicted molar refractivity (Wildman–Crippen MR) is 201 cm³/mol. The van der Waals surface area contributed by atoms with Gasteiger partial charge in [-0.3, -0.25) is 4.79 Å². The Kier molecular flexibility index (Phi) is 26.4. The fourth-order valence-corrected chi connectivity index (χ4v) is 6.06. The van der Waals surface area contributed by atoms with Gasteiger partial charge in [0.1, 0.15) is 54.9 Å². The Labute approximate surface area is 321 Å². The van der Waals surface area contributed by atoms with Gasteiger partial charge in [0, 0.05) is 13.0 Å². The first-order valence-corrected chi connectivity index (χ1v) is 20.1. The van der Waals surface area contributed by atoms with Crippen molar-refractivity contribution >= 4 is 5.97 Å². The Bertz CT molecular complexity index is 1040. The Morgan fingerprint density at radius 3 is 1.89 bits per heavy atom. The highest BCUT2D eigenvalue weighted by molar-refractivity contribution is 5.69. The Morgan fingerprint density at radius 2 is 1.20 bits per heavy atom. The van der Waals surface area contributed by atoms with Gasteiger partial charge in [-0.15, -0.1) is 0 Å². The quantitative estimate of drug-likeness (QED) is 0.0331. The lowest BCUT2D eigenvalue weighted by molar-refractivity contribution is -0.332. The molecule has 2 rings (SSSR count). The summed E-state index contributed by atoms with van der Waals surface area (Å²) in [6.07, 6.45) is 11.2. The van der Waals surface area contributed by atoms with Crippen LogP contribution in [0.3, 0.4) is 0 Å². The molecule has 0 spiro atoms. The van der Waals surface area contributed by atoms with Crippen molar-refractivity contribution in [1.82, 2.24) is 0 Å². The molecule has 0 amide bonds. The van der Waals surface area contributed by atoms with Crippen LogP contribution in [-0.4, -0.2) is 142 Å². The van der Waals surface area contributed by atoms with Crippen LogP contribution < -0.4 is 0 Å². The number of ether oxygens (including phenoxy) is 6. The van der Waals surface area contributed by atoms with Crippen LogP contribution in [0.15, 0.2) is 36.5 Å². The zero-order valence-corrected chi connectivity index (χ0v) is 32.4. The second-order valence-electron chi connectivity index (χ2n) is 14.1. The molecule has 2 heterocycles. The highest BCUT2D eigenvalue weighted by Crippen LogP contribution is 2.26. The number of allylic oxidation sites excluding steroid dienone is 6. The largest absolute Gasteiger partial charge is 0.457 e. The number of esters is 1. The number of unbranched alkanes of at least 4 members (excludes halogenated alkanes) is 9. The van der Waals surface area contributed by atoms with E-state index in [0.29, 0.717) is 13.0 Å². The van der Waals surface area contributed by atoms with Crippen molar-refractivity contribution in [3.8, 4) is 0 Å². The average molecular weight is 775 g/mol. The van der Waals surface area contributed by atoms with Crippen LogP contribution in [0.1, 0.15) is 110 Å². The van der Waals surface area contributed by atoms with Crippen LogP contribution >= 0.6 is 0 Å². The molecule has 54 heavy (non-hydrogen) atoms. The van der Waals surface area contributed by atoms with Crippen LogP contribution in [0.2, 0.25) is 0 Å². The molecule has 0 aromatic heterocycles. The van der Waals surface area contributed by atoms with Crippen molar-refractivity contribution < 1.29 is 69.0 Å². The first-order chi connectivity index (χ1) is 26.1. The average Bonchev–Trinajstić information content (AvgIpc) is 3.17. The van der Waals surface area contributed by atoms with E-state index in [1.807, 2.05) is 0 Å². The molecule has 14 nitrogen and oxygen atoms in total. The molecule has 2 aliphatic heterocycles. The van der Waals surface area contributed by atoms with Gasteiger partial charge in [-0.1, -0.05) is 95.2 Å². The van der Waals surface area contributed by atoms with Crippen LogP contribution in [0.25, 0.3) is 0 Å². The summed E-state index contributed by atoms with van der Waals surface area (Å²) in [7, 11) is 0. The smallest absolute Gasteiger partial charge is 0.306 e. The van der Waals surface area contributed by atoms with Crippen molar-refractivity contribution in [1.29, 1.82) is 0 Å². The van der Waals surface area contributed by atoms with Gasteiger partial charge in [0.2, 0.25) is 0 Å². The van der Waals surface area contributed by atoms with Gasteiger partial charge < -0.3 is 64.2 Å². The molecule has 0 aromatic carbocycles. The number of aliphatic hydroxyl groups excluding tert-OH is 7. The molecular formula is C40H70O14. The molecular weight excluding hydrogens is 704 g/mol. The van der Waals surface area contributed by atoms with E-state index >= 15 is 0 Å². The lowest BCUT2D eigenvalue weighted by atomic mass is 9.98. The lowest BCUT2D eigenvalue weighted by Gasteiger charge is -2.42. The molecule has 0 aliphatic carbocycles. The van der Waals surface area contributed by atoms with Crippen molar-refractivity contribution in [2.75, 3.05) is 33.0 Å². The van der Waals surface area contributed by atoms with Crippen molar-refractivity contribution in [2.24, 2.45) is 0 Å². The fraction of sp³-hybridized carbons (Fsp3) is 0.825. The maximum absolute atomic E-state index is 12.7. The first-order valence-electron chi connectivity index (χ1n) is 20.1. The summed E-state index contributed by atoms with van der Waals surface area (Å²) in [6, 6.07) is 0. The van der Waals surface area contributed by atoms with Gasteiger partial charge in [-0.2, -0.15) is 0 Å². The van der Waals surface area contributed by atoms with Crippen LogP contribution in [0.4, 0.5) is 0 Å². The summed E-state index contributed by atoms with van der Waals surface area (Å²) in [5.74, 6) is -0.397. The highest BCUT2D eigenvalue weighted by atomic mass is 16.7. The lowest BCUT2D eigenvalue weighted by Crippen LogP contribution is -2.61. The van der Waals surface area contributed by atoms with Gasteiger partial charge in [0.25, 0.3) is 0 Å². The number of rotatable bonds is 29. The number of carbonyl (C=O) groups excluding carboxylic acids is 1. The summed E-state index contributed by atoms with van der Waals surface area (Å²) in [4.78, 5) is 12.7. The van der Waals surface area contributed by atoms with E-state index in [0.717, 1.165) is 83.5 Å². The van der Waals surface area contributed by atoms with Crippen LogP contribution in [0.5, 0.6) is 0 Å². The molecule has 2 fully saturated rings. The highest BCUT2D eigenvalue weighted by Gasteiger charge is 2.47. The molecule has 2 saturated heterocycles. The molecule has 0 saturated carbocycles. The number of hydrogen-bond donors (Lipinski definition) is 7. The van der Waals surface area contributed by atoms with E-state index in [1.54, 1.807) is 0 Å². The standard InChI is InChI=1S/C40H70O14/c1-3-5-7-9-11-12-13-14-15-16-17-18-20-22-24-49-26-29(52-32(42)23-21-19-10-8-6-4-2)27-50-39-38(48)36(46)34(44)31(54-39)28-51-40-37(47)35(45)33(43)30(25-41)53-40/h5,7,11-12,14-15,29-31,33-41,43-48H,3-4,6,8-10,13,16-28H2,1-2H3/b7-5-,12-11-,15-14-. The van der Waals surface area contributed by atoms with Gasteiger partial charge in [0.05, 0.1) is 26.4 Å². The topological polar surface area (TPSA) is 214 Å². The summed E-state index contributed by atoms with van der Waals surface area (Å²) in [5.41, 5.74) is 0. The van der Waals surface area contributed by atoms with Crippen LogP contribution in [-0.2, 0) is 33.2 Å². The Hall–Kier alpha value is -1.79. The molecule has 0 radical (unpaired) electrons. The van der Waals surface area contributed by atoms with E-state index in [-0.39, 0.29) is 19.6 Å². The zero-order valence-electron chi connectivity index (χ0n) is 32.4. The zero-order chi connectivity index (χ0) is 39.6. The third-order valence-corrected chi connectivity index (χ3v) is 9.41. The fourth-order valence-electron chi connectivity index (χ4n) is 6.06. The number of carbonyl (C=O) groups is 1. The van der Waals surface area contributed by atoms with E-state index in [4.69, 9.17) is 28.4 Å². The normalized spacial score (nSPS) is 29.8. The summed E-state index contributed by atoms with van der Waals surface area (Å²) in [6.45, 7) is 3.40. The van der Waals surface area contributed by atoms with E-state index in [2.05, 4.69) is 50.3 Å². The third kappa shape index (κ3) is 18.9. The van der Waals surface area contributed by atoms with Crippen LogP contribution in [0, 0.1) is 0 Å². The SMILES string of the molecule is CC/C=C\C/C=C\C/C=C\CCCCCCOCC(COC1OC(COC2OC(CO)C(O)C(O)C2O)C(O)C(O)C1O)OC(=O)CCCCCCCC. The maximum Gasteiger partial charge on any atom is 0.306 e. The Morgan fingerprint density at radius 1 is 0.630 bits per heavy atom. The molecule has 7 N–H and O–H groups in total. The van der Waals surface area contributed by atoms with E-state index in [9.17, 15) is 40.5 Å². The molecule has 0 bridgehead atoms. The molecule has 2 aliphatic rings. The summed E-state index contributed by atoms with van der Waals surface area (Å²) >= 11 is 0. The van der Waals surface area contributed by atoms with Gasteiger partial charge in [0.15, 0.2) is 12.6 Å². The molecule has 14 heteroatoms. The van der Waals surface area contributed by atoms with Crippen molar-refractivity contribution in [2.45, 2.75) is 178 Å². The van der Waals surface area contributed by atoms with Gasteiger partial charge in [-0.25, -0.2) is 0 Å². The first kappa shape index (κ1) is 48.4. The maximum atomic E-state index is 12.7.